The molecule has 0 unspecified atom stereocenters. The molecule has 0 fully saturated rings. The van der Waals surface area contributed by atoms with Crippen LogP contribution in [0.1, 0.15) is 32.6 Å². The SMILES string of the molecule is NC(=O)c1ccc(-c2cccc3c2C=CC3)c2c1CC2. The number of carbonyl (C=O) groups excluding carboxylic acids is 1. The lowest BCUT2D eigenvalue weighted by Gasteiger charge is -2.26. The number of rotatable bonds is 2. The number of fused-ring (bicyclic) bond motifs is 2. The fourth-order valence-corrected chi connectivity index (χ4v) is 3.35. The van der Waals surface area contributed by atoms with Crippen LogP contribution in [-0.4, -0.2) is 5.91 Å². The van der Waals surface area contributed by atoms with E-state index in [-0.39, 0.29) is 5.91 Å². The summed E-state index contributed by atoms with van der Waals surface area (Å²) in [5, 5.41) is 0. The van der Waals surface area contributed by atoms with Crippen molar-refractivity contribution < 1.29 is 4.79 Å². The average molecular weight is 261 g/mol. The third kappa shape index (κ3) is 1.48. The van der Waals surface area contributed by atoms with Crippen molar-refractivity contribution in [2.45, 2.75) is 19.3 Å². The fourth-order valence-electron chi connectivity index (χ4n) is 3.35. The largest absolute Gasteiger partial charge is 0.366 e. The van der Waals surface area contributed by atoms with Crippen LogP contribution in [0.3, 0.4) is 0 Å². The Morgan fingerprint density at radius 1 is 1.00 bits per heavy atom. The van der Waals surface area contributed by atoms with E-state index in [1.807, 2.05) is 6.07 Å². The van der Waals surface area contributed by atoms with E-state index in [2.05, 4.69) is 36.4 Å². The molecule has 4 rings (SSSR count). The summed E-state index contributed by atoms with van der Waals surface area (Å²) in [4.78, 5) is 11.5. The van der Waals surface area contributed by atoms with Gasteiger partial charge in [0.15, 0.2) is 0 Å². The minimum absolute atomic E-state index is 0.314. The highest BCUT2D eigenvalue weighted by Gasteiger charge is 2.25. The van der Waals surface area contributed by atoms with E-state index in [9.17, 15) is 4.79 Å². The van der Waals surface area contributed by atoms with Gasteiger partial charge in [0.05, 0.1) is 0 Å². The minimum atomic E-state index is -0.314. The molecule has 0 aliphatic heterocycles. The Labute approximate surface area is 117 Å². The van der Waals surface area contributed by atoms with Crippen molar-refractivity contribution >= 4 is 12.0 Å². The molecule has 2 aliphatic rings. The van der Waals surface area contributed by atoms with Gasteiger partial charge in [-0.1, -0.05) is 36.4 Å². The molecule has 0 bridgehead atoms. The lowest BCUT2D eigenvalue weighted by molar-refractivity contribution is 0.0999. The number of hydrogen-bond donors (Lipinski definition) is 1. The van der Waals surface area contributed by atoms with Crippen molar-refractivity contribution in [2.24, 2.45) is 5.73 Å². The summed E-state index contributed by atoms with van der Waals surface area (Å²) in [7, 11) is 0. The molecule has 2 N–H and O–H groups in total. The highest BCUT2D eigenvalue weighted by Crippen LogP contribution is 2.39. The smallest absolute Gasteiger partial charge is 0.248 e. The first kappa shape index (κ1) is 11.5. The maximum Gasteiger partial charge on any atom is 0.248 e. The summed E-state index contributed by atoms with van der Waals surface area (Å²) >= 11 is 0. The van der Waals surface area contributed by atoms with Gasteiger partial charge in [-0.15, -0.1) is 0 Å². The Morgan fingerprint density at radius 2 is 1.85 bits per heavy atom. The molecular formula is C18H15NO. The first-order valence-electron chi connectivity index (χ1n) is 6.99. The summed E-state index contributed by atoms with van der Waals surface area (Å²) in [5.74, 6) is -0.314. The van der Waals surface area contributed by atoms with Gasteiger partial charge in [-0.3, -0.25) is 4.79 Å². The van der Waals surface area contributed by atoms with Crippen molar-refractivity contribution in [3.63, 3.8) is 0 Å². The number of benzene rings is 2. The van der Waals surface area contributed by atoms with E-state index in [1.165, 1.54) is 27.8 Å². The van der Waals surface area contributed by atoms with Crippen LogP contribution >= 0.6 is 0 Å². The maximum absolute atomic E-state index is 11.5. The number of hydrogen-bond acceptors (Lipinski definition) is 1. The molecule has 2 aliphatic carbocycles. The van der Waals surface area contributed by atoms with Gasteiger partial charge in [-0.05, 0) is 58.7 Å². The molecule has 0 saturated heterocycles. The van der Waals surface area contributed by atoms with Crippen LogP contribution in [0.25, 0.3) is 17.2 Å². The monoisotopic (exact) mass is 261 g/mol. The van der Waals surface area contributed by atoms with E-state index >= 15 is 0 Å². The van der Waals surface area contributed by atoms with Crippen LogP contribution in [0, 0.1) is 0 Å². The molecule has 1 amide bonds. The van der Waals surface area contributed by atoms with Gasteiger partial charge in [0, 0.05) is 5.56 Å². The molecule has 20 heavy (non-hydrogen) atoms. The average Bonchev–Trinajstić information content (AvgIpc) is 2.87. The summed E-state index contributed by atoms with van der Waals surface area (Å²) in [6.07, 6.45) is 7.44. The predicted octanol–water partition coefficient (Wildman–Crippen LogP) is 3.12. The molecule has 0 heterocycles. The lowest BCUT2D eigenvalue weighted by atomic mass is 9.78. The Hall–Kier alpha value is -2.35. The van der Waals surface area contributed by atoms with Gasteiger partial charge in [-0.25, -0.2) is 0 Å². The Bertz CT molecular complexity index is 771. The van der Waals surface area contributed by atoms with Crippen molar-refractivity contribution in [3.8, 4) is 11.1 Å². The lowest BCUT2D eigenvalue weighted by Crippen LogP contribution is -2.21. The van der Waals surface area contributed by atoms with Crippen LogP contribution in [-0.2, 0) is 19.3 Å². The Morgan fingerprint density at radius 3 is 2.60 bits per heavy atom. The zero-order chi connectivity index (χ0) is 13.7. The van der Waals surface area contributed by atoms with Gasteiger partial charge in [-0.2, -0.15) is 0 Å². The zero-order valence-electron chi connectivity index (χ0n) is 11.1. The third-order valence-corrected chi connectivity index (χ3v) is 4.43. The topological polar surface area (TPSA) is 43.1 Å². The minimum Gasteiger partial charge on any atom is -0.366 e. The van der Waals surface area contributed by atoms with Crippen LogP contribution in [0.5, 0.6) is 0 Å². The molecule has 0 radical (unpaired) electrons. The van der Waals surface area contributed by atoms with Crippen LogP contribution < -0.4 is 5.73 Å². The molecule has 0 saturated carbocycles. The molecule has 98 valence electrons. The van der Waals surface area contributed by atoms with Crippen molar-refractivity contribution in [1.29, 1.82) is 0 Å². The number of nitrogens with two attached hydrogens (primary N) is 1. The molecule has 0 atom stereocenters. The fraction of sp³-hybridized carbons (Fsp3) is 0.167. The molecule has 2 aromatic carbocycles. The third-order valence-electron chi connectivity index (χ3n) is 4.43. The molecule has 0 spiro atoms. The van der Waals surface area contributed by atoms with Crippen molar-refractivity contribution in [3.05, 3.63) is 64.2 Å². The van der Waals surface area contributed by atoms with Gasteiger partial charge in [0.1, 0.15) is 0 Å². The number of allylic oxidation sites excluding steroid dienone is 1. The molecule has 2 aromatic rings. The van der Waals surface area contributed by atoms with Crippen molar-refractivity contribution in [2.75, 3.05) is 0 Å². The summed E-state index contributed by atoms with van der Waals surface area (Å²) in [6, 6.07) is 10.4. The van der Waals surface area contributed by atoms with Crippen LogP contribution in [0.4, 0.5) is 0 Å². The summed E-state index contributed by atoms with van der Waals surface area (Å²) < 4.78 is 0. The molecule has 0 aromatic heterocycles. The van der Waals surface area contributed by atoms with E-state index in [0.717, 1.165) is 24.8 Å². The first-order valence-corrected chi connectivity index (χ1v) is 6.99. The van der Waals surface area contributed by atoms with Crippen LogP contribution in [0.2, 0.25) is 0 Å². The van der Waals surface area contributed by atoms with E-state index in [0.29, 0.717) is 5.56 Å². The van der Waals surface area contributed by atoms with Crippen molar-refractivity contribution in [1.82, 2.24) is 0 Å². The number of amides is 1. The Kier molecular flexibility index (Phi) is 2.34. The number of primary amides is 1. The van der Waals surface area contributed by atoms with E-state index in [1.54, 1.807) is 0 Å². The molecular weight excluding hydrogens is 246 g/mol. The van der Waals surface area contributed by atoms with Gasteiger partial charge in [0.25, 0.3) is 0 Å². The maximum atomic E-state index is 11.5. The zero-order valence-corrected chi connectivity index (χ0v) is 11.1. The summed E-state index contributed by atoms with van der Waals surface area (Å²) in [6.45, 7) is 0. The van der Waals surface area contributed by atoms with E-state index < -0.39 is 0 Å². The quantitative estimate of drug-likeness (QED) is 0.886. The first-order chi connectivity index (χ1) is 9.75. The summed E-state index contributed by atoms with van der Waals surface area (Å²) in [5.41, 5.74) is 13.8. The second-order valence-corrected chi connectivity index (χ2v) is 5.47. The predicted molar refractivity (Wildman–Crippen MR) is 80.5 cm³/mol. The highest BCUT2D eigenvalue weighted by molar-refractivity contribution is 5.97. The highest BCUT2D eigenvalue weighted by atomic mass is 16.1. The van der Waals surface area contributed by atoms with Crippen LogP contribution in [0.15, 0.2) is 36.4 Å². The van der Waals surface area contributed by atoms with Gasteiger partial charge in [0.2, 0.25) is 5.91 Å². The number of carbonyl (C=O) groups is 1. The van der Waals surface area contributed by atoms with Gasteiger partial charge < -0.3 is 5.73 Å². The van der Waals surface area contributed by atoms with Gasteiger partial charge >= 0.3 is 0 Å². The molecule has 2 heteroatoms. The second-order valence-electron chi connectivity index (χ2n) is 5.47. The molecule has 2 nitrogen and oxygen atoms in total. The standard InChI is InChI=1S/C18H15NO/c19-18(20)17-10-9-14(15-7-8-16(15)17)13-6-2-4-11-3-1-5-12(11)13/h1-2,4-6,9-10H,3,7-8H2,(H2,19,20). The normalized spacial score (nSPS) is 14.6. The Balaban J connectivity index is 1.93. The van der Waals surface area contributed by atoms with E-state index in [4.69, 9.17) is 5.73 Å². The second kappa shape index (κ2) is 4.07.